The number of esters is 2. The van der Waals surface area contributed by atoms with Gasteiger partial charge in [-0.05, 0) is 83.5 Å². The molecule has 11 nitrogen and oxygen atoms in total. The van der Waals surface area contributed by atoms with Crippen molar-refractivity contribution >= 4 is 25.7 Å². The molecule has 0 saturated carbocycles. The Morgan fingerprint density at radius 2 is 0.917 bits per heavy atom. The van der Waals surface area contributed by atoms with Crippen LogP contribution < -0.4 is 5.73 Å². The van der Waals surface area contributed by atoms with Crippen LogP contribution in [0.5, 0.6) is 0 Å². The molecule has 0 aliphatic carbocycles. The predicted molar refractivity (Wildman–Crippen MR) is 244 cm³/mol. The zero-order valence-electron chi connectivity index (χ0n) is 36.8. The lowest BCUT2D eigenvalue weighted by Crippen LogP contribution is -2.34. The standard InChI is InChI=1S/C48H78NO10P/c1-3-5-7-9-11-13-15-17-19-21-22-24-25-27-29-31-33-35-37-39-46(50)56-41-44(42-57-60(54,55)58-43-45(49)48(52)53)59-47(51)40-38-36-34-32-30-28-26-23-20-18-16-14-12-10-8-6-4-2/h11,13,17-20,22,24,26-29,32-35,44-45H,3-10,12,14-16,21,23,25,30-31,36-43,49H2,1-2H3,(H,52,53)(H,54,55)/b13-11-,19-17-,20-18-,24-22-,28-26-,29-27-,34-32-,35-33-/t44-,45+/m1/s1. The van der Waals surface area contributed by atoms with Gasteiger partial charge in [-0.25, -0.2) is 4.57 Å². The molecule has 0 amide bonds. The molecule has 0 heterocycles. The van der Waals surface area contributed by atoms with Crippen LogP contribution in [0.4, 0.5) is 0 Å². The number of allylic oxidation sites excluding steroid dienone is 16. The number of ether oxygens (including phenoxy) is 2. The first-order valence-electron chi connectivity index (χ1n) is 22.3. The molecule has 0 saturated heterocycles. The number of phosphoric ester groups is 1. The summed E-state index contributed by atoms with van der Waals surface area (Å²) < 4.78 is 32.6. The van der Waals surface area contributed by atoms with Gasteiger partial charge in [0.1, 0.15) is 12.6 Å². The Morgan fingerprint density at radius 1 is 0.517 bits per heavy atom. The summed E-state index contributed by atoms with van der Waals surface area (Å²) in [7, 11) is -4.75. The van der Waals surface area contributed by atoms with Gasteiger partial charge in [0.2, 0.25) is 0 Å². The first-order valence-corrected chi connectivity index (χ1v) is 23.8. The van der Waals surface area contributed by atoms with Crippen molar-refractivity contribution < 1.29 is 47.5 Å². The third-order valence-electron chi connectivity index (χ3n) is 8.82. The number of rotatable bonds is 40. The molecule has 0 aromatic rings. The van der Waals surface area contributed by atoms with Crippen molar-refractivity contribution in [2.45, 2.75) is 167 Å². The molecule has 12 heteroatoms. The lowest BCUT2D eigenvalue weighted by molar-refractivity contribution is -0.161. The van der Waals surface area contributed by atoms with Gasteiger partial charge in [0.15, 0.2) is 6.10 Å². The second-order valence-electron chi connectivity index (χ2n) is 14.5. The van der Waals surface area contributed by atoms with Crippen molar-refractivity contribution in [1.82, 2.24) is 0 Å². The van der Waals surface area contributed by atoms with Gasteiger partial charge in [0.25, 0.3) is 0 Å². The Morgan fingerprint density at radius 3 is 1.42 bits per heavy atom. The van der Waals surface area contributed by atoms with Crippen LogP contribution >= 0.6 is 7.82 Å². The van der Waals surface area contributed by atoms with Crippen LogP contribution in [0.15, 0.2) is 97.2 Å². The van der Waals surface area contributed by atoms with E-state index in [4.69, 9.17) is 24.8 Å². The van der Waals surface area contributed by atoms with Crippen molar-refractivity contribution in [3.63, 3.8) is 0 Å². The highest BCUT2D eigenvalue weighted by Crippen LogP contribution is 2.43. The quantitative estimate of drug-likeness (QED) is 0.0232. The lowest BCUT2D eigenvalue weighted by Gasteiger charge is -2.20. The molecule has 0 radical (unpaired) electrons. The van der Waals surface area contributed by atoms with Gasteiger partial charge >= 0.3 is 25.7 Å². The third-order valence-corrected chi connectivity index (χ3v) is 9.77. The van der Waals surface area contributed by atoms with Gasteiger partial charge in [-0.2, -0.15) is 0 Å². The molecule has 60 heavy (non-hydrogen) atoms. The van der Waals surface area contributed by atoms with Crippen LogP contribution in [-0.4, -0.2) is 59.9 Å². The van der Waals surface area contributed by atoms with Crippen molar-refractivity contribution in [1.29, 1.82) is 0 Å². The van der Waals surface area contributed by atoms with Crippen molar-refractivity contribution in [2.75, 3.05) is 19.8 Å². The van der Waals surface area contributed by atoms with E-state index in [1.807, 2.05) is 24.3 Å². The molecule has 0 fully saturated rings. The number of carboxylic acids is 1. The Hall–Kier alpha value is -3.60. The molecule has 1 unspecified atom stereocenters. The molecule has 0 spiro atoms. The van der Waals surface area contributed by atoms with Gasteiger partial charge in [-0.15, -0.1) is 0 Å². The van der Waals surface area contributed by atoms with Gasteiger partial charge in [0.05, 0.1) is 13.2 Å². The predicted octanol–water partition coefficient (Wildman–Crippen LogP) is 12.1. The van der Waals surface area contributed by atoms with E-state index in [-0.39, 0.29) is 12.8 Å². The number of carbonyl (C=O) groups is 3. The fourth-order valence-corrected chi connectivity index (χ4v) is 6.08. The van der Waals surface area contributed by atoms with E-state index in [9.17, 15) is 23.8 Å². The third kappa shape index (κ3) is 41.1. The van der Waals surface area contributed by atoms with Crippen LogP contribution in [0.3, 0.4) is 0 Å². The van der Waals surface area contributed by atoms with Crippen LogP contribution in [0, 0.1) is 0 Å². The number of phosphoric acid groups is 1. The Bertz CT molecular complexity index is 1380. The lowest BCUT2D eigenvalue weighted by atomic mass is 10.1. The summed E-state index contributed by atoms with van der Waals surface area (Å²) in [6, 6.07) is -1.54. The summed E-state index contributed by atoms with van der Waals surface area (Å²) in [5.74, 6) is -2.56. The molecule has 0 rings (SSSR count). The maximum atomic E-state index is 12.6. The fourth-order valence-electron chi connectivity index (χ4n) is 5.30. The highest BCUT2D eigenvalue weighted by Gasteiger charge is 2.28. The van der Waals surface area contributed by atoms with Crippen molar-refractivity contribution in [3.05, 3.63) is 97.2 Å². The van der Waals surface area contributed by atoms with E-state index in [0.29, 0.717) is 19.3 Å². The van der Waals surface area contributed by atoms with E-state index < -0.39 is 57.7 Å². The zero-order valence-corrected chi connectivity index (χ0v) is 37.6. The SMILES string of the molecule is CCCCC/C=C\C/C=C\C/C=C\C/C=C\C/C=C\CCC(=O)OC[C@H](COP(=O)(O)OC[C@H](N)C(=O)O)OC(=O)CCC/C=C\C/C=C\C/C=C\CCCCCCCC. The molecule has 0 bridgehead atoms. The largest absolute Gasteiger partial charge is 0.480 e. The average molecular weight is 860 g/mol. The molecule has 0 aromatic heterocycles. The summed E-state index contributed by atoms with van der Waals surface area (Å²) in [6.07, 6.45) is 53.5. The number of aliphatic carboxylic acids is 1. The van der Waals surface area contributed by atoms with Crippen molar-refractivity contribution in [3.8, 4) is 0 Å². The Kier molecular flexibility index (Phi) is 39.6. The van der Waals surface area contributed by atoms with E-state index in [1.54, 1.807) is 0 Å². The highest BCUT2D eigenvalue weighted by atomic mass is 31.2. The van der Waals surface area contributed by atoms with Gasteiger partial charge in [0, 0.05) is 12.8 Å². The summed E-state index contributed by atoms with van der Waals surface area (Å²) >= 11 is 0. The maximum absolute atomic E-state index is 12.6. The topological polar surface area (TPSA) is 172 Å². The minimum absolute atomic E-state index is 0.0685. The fraction of sp³-hybridized carbons (Fsp3) is 0.604. The van der Waals surface area contributed by atoms with E-state index in [1.165, 1.54) is 57.8 Å². The summed E-state index contributed by atoms with van der Waals surface area (Å²) in [4.78, 5) is 45.9. The summed E-state index contributed by atoms with van der Waals surface area (Å²) in [5, 5.41) is 8.89. The molecule has 3 atom stereocenters. The normalized spacial score (nSPS) is 14.6. The van der Waals surface area contributed by atoms with E-state index in [2.05, 4.69) is 91.3 Å². The molecule has 0 aromatic carbocycles. The van der Waals surface area contributed by atoms with Gasteiger partial charge in [-0.1, -0.05) is 156 Å². The minimum Gasteiger partial charge on any atom is -0.480 e. The molecular formula is C48H78NO10P. The minimum atomic E-state index is -4.75. The molecule has 0 aliphatic rings. The Balaban J connectivity index is 4.58. The van der Waals surface area contributed by atoms with E-state index in [0.717, 1.165) is 51.4 Å². The van der Waals surface area contributed by atoms with Crippen LogP contribution in [0.1, 0.15) is 155 Å². The second-order valence-corrected chi connectivity index (χ2v) is 15.9. The van der Waals surface area contributed by atoms with Gasteiger partial charge < -0.3 is 25.2 Å². The molecule has 0 aliphatic heterocycles. The number of nitrogens with two attached hydrogens (primary N) is 1. The van der Waals surface area contributed by atoms with Gasteiger partial charge in [-0.3, -0.25) is 23.4 Å². The number of hydrogen-bond acceptors (Lipinski definition) is 9. The van der Waals surface area contributed by atoms with Crippen LogP contribution in [0.25, 0.3) is 0 Å². The number of unbranched alkanes of at least 4 members (excludes halogenated alkanes) is 10. The monoisotopic (exact) mass is 860 g/mol. The highest BCUT2D eigenvalue weighted by molar-refractivity contribution is 7.47. The van der Waals surface area contributed by atoms with Crippen molar-refractivity contribution in [2.24, 2.45) is 5.73 Å². The van der Waals surface area contributed by atoms with E-state index >= 15 is 0 Å². The molecular weight excluding hydrogens is 781 g/mol. The Labute approximate surface area is 362 Å². The first-order chi connectivity index (χ1) is 29.1. The van der Waals surface area contributed by atoms with Crippen LogP contribution in [-0.2, 0) is 37.5 Å². The number of carbonyl (C=O) groups excluding carboxylic acids is 2. The second kappa shape index (κ2) is 42.1. The summed E-state index contributed by atoms with van der Waals surface area (Å²) in [5.41, 5.74) is 5.33. The summed E-state index contributed by atoms with van der Waals surface area (Å²) in [6.45, 7) is 2.62. The first kappa shape index (κ1) is 56.4. The van der Waals surface area contributed by atoms with Crippen LogP contribution in [0.2, 0.25) is 0 Å². The smallest absolute Gasteiger partial charge is 0.472 e. The zero-order chi connectivity index (χ0) is 44.2. The number of hydrogen-bond donors (Lipinski definition) is 3. The maximum Gasteiger partial charge on any atom is 0.472 e. The molecule has 4 N–H and O–H groups in total. The number of carboxylic acid groups (broad SMARTS) is 1. The average Bonchev–Trinajstić information content (AvgIpc) is 3.22. The molecule has 340 valence electrons.